The van der Waals surface area contributed by atoms with E-state index in [1.165, 1.54) is 6.26 Å². The molecule has 1 aromatic carbocycles. The molecular formula is C23H26N6O3S. The number of H-pyrrole nitrogens is 1. The normalized spacial score (nSPS) is 17.1. The Morgan fingerprint density at radius 1 is 1.15 bits per heavy atom. The molecule has 0 saturated carbocycles. The summed E-state index contributed by atoms with van der Waals surface area (Å²) in [7, 11) is -3.30. The molecule has 1 unspecified atom stereocenters. The van der Waals surface area contributed by atoms with Crippen molar-refractivity contribution in [3.8, 4) is 22.6 Å². The minimum Gasteiger partial charge on any atom is -0.377 e. The van der Waals surface area contributed by atoms with E-state index in [4.69, 9.17) is 14.8 Å². The van der Waals surface area contributed by atoms with E-state index in [0.717, 1.165) is 46.0 Å². The van der Waals surface area contributed by atoms with Crippen LogP contribution in [0.5, 0.6) is 0 Å². The van der Waals surface area contributed by atoms with Crippen LogP contribution < -0.4 is 4.90 Å². The molecule has 1 atom stereocenters. The summed E-state index contributed by atoms with van der Waals surface area (Å²) >= 11 is 0. The van der Waals surface area contributed by atoms with Gasteiger partial charge < -0.3 is 9.64 Å². The van der Waals surface area contributed by atoms with E-state index in [9.17, 15) is 8.42 Å². The molecule has 9 nitrogen and oxygen atoms in total. The van der Waals surface area contributed by atoms with Crippen LogP contribution in [0.1, 0.15) is 18.2 Å². The molecule has 10 heteroatoms. The average molecular weight is 467 g/mol. The number of benzene rings is 1. The molecule has 0 amide bonds. The number of aromatic amines is 1. The number of sulfone groups is 1. The zero-order valence-electron chi connectivity index (χ0n) is 19.0. The number of morpholine rings is 1. The molecular weight excluding hydrogens is 440 g/mol. The van der Waals surface area contributed by atoms with Crippen molar-refractivity contribution in [2.75, 3.05) is 30.9 Å². The highest BCUT2D eigenvalue weighted by Crippen LogP contribution is 2.35. The van der Waals surface area contributed by atoms with Gasteiger partial charge in [0, 0.05) is 24.6 Å². The Labute approximate surface area is 192 Å². The lowest BCUT2D eigenvalue weighted by Crippen LogP contribution is -2.44. The fourth-order valence-electron chi connectivity index (χ4n) is 4.39. The number of aromatic nitrogens is 5. The summed E-state index contributed by atoms with van der Waals surface area (Å²) in [6.07, 6.45) is 2.91. The summed E-state index contributed by atoms with van der Waals surface area (Å²) in [4.78, 5) is 7.34. The number of nitrogens with one attached hydrogen (secondary N) is 1. The van der Waals surface area contributed by atoms with Crippen LogP contribution in [0, 0.1) is 13.8 Å². The summed E-state index contributed by atoms with van der Waals surface area (Å²) in [6.45, 7) is 8.01. The van der Waals surface area contributed by atoms with Crippen molar-refractivity contribution in [3.63, 3.8) is 0 Å². The first-order chi connectivity index (χ1) is 15.7. The molecule has 5 rings (SSSR count). The highest BCUT2D eigenvalue weighted by Gasteiger charge is 2.25. The first-order valence-electron chi connectivity index (χ1n) is 10.8. The van der Waals surface area contributed by atoms with Crippen molar-refractivity contribution in [3.05, 3.63) is 47.8 Å². The minimum absolute atomic E-state index is 0.172. The lowest BCUT2D eigenvalue weighted by atomic mass is 10.00. The van der Waals surface area contributed by atoms with Crippen LogP contribution in [0.25, 0.3) is 28.2 Å². The van der Waals surface area contributed by atoms with Crippen molar-refractivity contribution in [2.24, 2.45) is 0 Å². The molecule has 1 aliphatic rings. The predicted octanol–water partition coefficient (Wildman–Crippen LogP) is 3.03. The standard InChI is InChI=1S/C23H26N6O3S/c1-14-11-17(33(4,30)31)5-6-18(14)19-12-21(28-9-10-32-13-15(28)2)27-29-22(19)16(3)25-23(29)20-7-8-24-26-20/h5-8,11-12,15H,9-10,13H2,1-4H3,(H,24,26). The number of anilines is 1. The van der Waals surface area contributed by atoms with Gasteiger partial charge in [-0.25, -0.2) is 17.9 Å². The van der Waals surface area contributed by atoms with E-state index in [-0.39, 0.29) is 6.04 Å². The van der Waals surface area contributed by atoms with Crippen LogP contribution in [0.3, 0.4) is 0 Å². The Kier molecular flexibility index (Phi) is 5.21. The molecule has 0 radical (unpaired) electrons. The van der Waals surface area contributed by atoms with E-state index < -0.39 is 9.84 Å². The minimum atomic E-state index is -3.30. The Hall–Kier alpha value is -3.24. The second-order valence-corrected chi connectivity index (χ2v) is 10.5. The van der Waals surface area contributed by atoms with Gasteiger partial charge in [-0.1, -0.05) is 6.07 Å². The Bertz CT molecular complexity index is 1440. The van der Waals surface area contributed by atoms with Gasteiger partial charge >= 0.3 is 0 Å². The molecule has 0 spiro atoms. The summed E-state index contributed by atoms with van der Waals surface area (Å²) in [5.74, 6) is 1.49. The first kappa shape index (κ1) is 21.6. The van der Waals surface area contributed by atoms with Crippen LogP contribution in [0.2, 0.25) is 0 Å². The largest absolute Gasteiger partial charge is 0.377 e. The summed E-state index contributed by atoms with van der Waals surface area (Å²) in [6, 6.07) is 9.37. The summed E-state index contributed by atoms with van der Waals surface area (Å²) in [5, 5.41) is 12.0. The Morgan fingerprint density at radius 2 is 1.97 bits per heavy atom. The zero-order chi connectivity index (χ0) is 23.3. The predicted molar refractivity (Wildman–Crippen MR) is 126 cm³/mol. The highest BCUT2D eigenvalue weighted by atomic mass is 32.2. The van der Waals surface area contributed by atoms with Crippen LogP contribution in [-0.4, -0.2) is 65.3 Å². The molecule has 1 N–H and O–H groups in total. The van der Waals surface area contributed by atoms with Gasteiger partial charge in [0.15, 0.2) is 21.5 Å². The molecule has 0 bridgehead atoms. The van der Waals surface area contributed by atoms with Crippen LogP contribution >= 0.6 is 0 Å². The molecule has 1 fully saturated rings. The van der Waals surface area contributed by atoms with Crippen LogP contribution in [0.4, 0.5) is 5.82 Å². The van der Waals surface area contributed by atoms with Crippen molar-refractivity contribution in [2.45, 2.75) is 31.7 Å². The van der Waals surface area contributed by atoms with E-state index in [2.05, 4.69) is 28.1 Å². The van der Waals surface area contributed by atoms with Gasteiger partial charge in [0.1, 0.15) is 5.69 Å². The number of hydrogen-bond acceptors (Lipinski definition) is 7. The molecule has 172 valence electrons. The Balaban J connectivity index is 1.79. The lowest BCUT2D eigenvalue weighted by Gasteiger charge is -2.34. The van der Waals surface area contributed by atoms with E-state index in [1.807, 2.05) is 30.5 Å². The third-order valence-corrected chi connectivity index (χ3v) is 7.19. The molecule has 0 aliphatic carbocycles. The van der Waals surface area contributed by atoms with Gasteiger partial charge in [0.05, 0.1) is 35.4 Å². The maximum Gasteiger partial charge on any atom is 0.179 e. The van der Waals surface area contributed by atoms with E-state index in [1.54, 1.807) is 18.3 Å². The molecule has 1 saturated heterocycles. The SMILES string of the molecule is Cc1cc(S(C)(=O)=O)ccc1-c1cc(N2CCOCC2C)nn2c(-c3ccn[nH]3)nc(C)c12. The average Bonchev–Trinajstić information content (AvgIpc) is 3.41. The topological polar surface area (TPSA) is 105 Å². The highest BCUT2D eigenvalue weighted by molar-refractivity contribution is 7.90. The monoisotopic (exact) mass is 466 g/mol. The maximum absolute atomic E-state index is 12.1. The van der Waals surface area contributed by atoms with Gasteiger partial charge in [0.2, 0.25) is 0 Å². The lowest BCUT2D eigenvalue weighted by molar-refractivity contribution is 0.0984. The van der Waals surface area contributed by atoms with E-state index >= 15 is 0 Å². The molecule has 4 heterocycles. The number of nitrogens with zero attached hydrogens (tertiary/aromatic N) is 5. The van der Waals surface area contributed by atoms with Crippen molar-refractivity contribution < 1.29 is 13.2 Å². The van der Waals surface area contributed by atoms with Gasteiger partial charge in [-0.2, -0.15) is 5.10 Å². The third-order valence-electron chi connectivity index (χ3n) is 6.08. The van der Waals surface area contributed by atoms with Gasteiger partial charge in [-0.3, -0.25) is 5.10 Å². The van der Waals surface area contributed by atoms with Gasteiger partial charge in [-0.15, -0.1) is 5.10 Å². The summed E-state index contributed by atoms with van der Waals surface area (Å²) < 4.78 is 31.6. The number of fused-ring (bicyclic) bond motifs is 1. The van der Waals surface area contributed by atoms with Gasteiger partial charge in [-0.05, 0) is 56.2 Å². The smallest absolute Gasteiger partial charge is 0.179 e. The summed E-state index contributed by atoms with van der Waals surface area (Å²) in [5.41, 5.74) is 5.24. The zero-order valence-corrected chi connectivity index (χ0v) is 19.8. The molecule has 1 aliphatic heterocycles. The van der Waals surface area contributed by atoms with Crippen LogP contribution in [0.15, 0.2) is 41.4 Å². The number of ether oxygens (including phenoxy) is 1. The van der Waals surface area contributed by atoms with Crippen molar-refractivity contribution in [1.82, 2.24) is 24.8 Å². The molecule has 3 aromatic heterocycles. The fourth-order valence-corrected chi connectivity index (χ4v) is 5.10. The Morgan fingerprint density at radius 3 is 2.64 bits per heavy atom. The van der Waals surface area contributed by atoms with Crippen LogP contribution in [-0.2, 0) is 14.6 Å². The maximum atomic E-state index is 12.1. The first-order valence-corrected chi connectivity index (χ1v) is 12.7. The number of aryl methyl sites for hydroxylation is 2. The second-order valence-electron chi connectivity index (χ2n) is 8.53. The number of imidazole rings is 1. The van der Waals surface area contributed by atoms with Crippen molar-refractivity contribution >= 4 is 21.2 Å². The quantitative estimate of drug-likeness (QED) is 0.493. The second kappa shape index (κ2) is 7.96. The van der Waals surface area contributed by atoms with E-state index in [0.29, 0.717) is 23.9 Å². The molecule has 33 heavy (non-hydrogen) atoms. The fraction of sp³-hybridized carbons (Fsp3) is 0.348. The number of rotatable bonds is 4. The molecule has 4 aromatic rings. The van der Waals surface area contributed by atoms with Gasteiger partial charge in [0.25, 0.3) is 0 Å². The number of hydrogen-bond donors (Lipinski definition) is 1. The van der Waals surface area contributed by atoms with Crippen molar-refractivity contribution in [1.29, 1.82) is 0 Å². The third kappa shape index (κ3) is 3.79.